The summed E-state index contributed by atoms with van der Waals surface area (Å²) in [5.74, 6) is -6.71. The highest BCUT2D eigenvalue weighted by Gasteiger charge is 2.48. The van der Waals surface area contributed by atoms with E-state index in [1.54, 1.807) is 17.4 Å². The minimum absolute atomic E-state index is 0.0562. The maximum absolute atomic E-state index is 12.8. The average molecular weight is 278 g/mol. The number of carbonyl (C=O) groups excluding carboxylic acids is 1. The fraction of sp³-hybridized carbons (Fsp3) is 0.417. The van der Waals surface area contributed by atoms with Gasteiger partial charge in [0.25, 0.3) is 0 Å². The maximum atomic E-state index is 12.8. The molecule has 2 N–H and O–H groups in total. The van der Waals surface area contributed by atoms with Crippen molar-refractivity contribution in [2.75, 3.05) is 11.9 Å². The smallest absolute Gasteiger partial charge is 0.321 e. The van der Waals surface area contributed by atoms with Crippen LogP contribution in [0, 0.1) is 0 Å². The van der Waals surface area contributed by atoms with Gasteiger partial charge in [-0.3, -0.25) is 4.79 Å². The van der Waals surface area contributed by atoms with Crippen molar-refractivity contribution in [1.29, 1.82) is 0 Å². The summed E-state index contributed by atoms with van der Waals surface area (Å²) < 4.78 is 49.5. The van der Waals surface area contributed by atoms with E-state index in [9.17, 15) is 22.4 Å². The van der Waals surface area contributed by atoms with Gasteiger partial charge in [-0.1, -0.05) is 19.1 Å². The molecule has 0 radical (unpaired) electrons. The summed E-state index contributed by atoms with van der Waals surface area (Å²) in [5, 5.41) is 4.80. The van der Waals surface area contributed by atoms with Gasteiger partial charge in [-0.25, -0.2) is 8.78 Å². The van der Waals surface area contributed by atoms with Crippen LogP contribution in [-0.4, -0.2) is 24.8 Å². The van der Waals surface area contributed by atoms with Gasteiger partial charge in [0.05, 0.1) is 0 Å². The molecule has 0 fully saturated rings. The monoisotopic (exact) mass is 278 g/mol. The lowest BCUT2D eigenvalue weighted by atomic mass is 10.2. The predicted molar refractivity (Wildman–Crippen MR) is 63.4 cm³/mol. The van der Waals surface area contributed by atoms with Gasteiger partial charge in [0.15, 0.2) is 0 Å². The molecule has 0 unspecified atom stereocenters. The molecule has 1 rings (SSSR count). The molecule has 7 heteroatoms. The Morgan fingerprint density at radius 3 is 2.63 bits per heavy atom. The fourth-order valence-electron chi connectivity index (χ4n) is 1.34. The molecule has 0 aliphatic heterocycles. The first-order valence-electron chi connectivity index (χ1n) is 5.65. The predicted octanol–water partition coefficient (Wildman–Crippen LogP) is 2.64. The summed E-state index contributed by atoms with van der Waals surface area (Å²) in [6.07, 6.45) is -4.03. The van der Waals surface area contributed by atoms with Crippen LogP contribution in [0.15, 0.2) is 24.3 Å². The van der Waals surface area contributed by atoms with Gasteiger partial charge in [0, 0.05) is 12.2 Å². The Labute approximate surface area is 108 Å². The van der Waals surface area contributed by atoms with Gasteiger partial charge in [0.1, 0.15) is 0 Å². The summed E-state index contributed by atoms with van der Waals surface area (Å²) in [6, 6.07) is 6.07. The second-order valence-corrected chi connectivity index (χ2v) is 3.86. The van der Waals surface area contributed by atoms with Gasteiger partial charge in [-0.2, -0.15) is 8.78 Å². The van der Waals surface area contributed by atoms with Gasteiger partial charge in [-0.05, 0) is 24.2 Å². The average Bonchev–Trinajstić information content (AvgIpc) is 2.36. The Hall–Kier alpha value is -1.63. The summed E-state index contributed by atoms with van der Waals surface area (Å²) in [5.41, 5.74) is 0.806. The van der Waals surface area contributed by atoms with Crippen LogP contribution >= 0.6 is 0 Å². The first kappa shape index (κ1) is 15.4. The lowest BCUT2D eigenvalue weighted by Crippen LogP contribution is -2.41. The summed E-state index contributed by atoms with van der Waals surface area (Å²) in [7, 11) is 0. The van der Waals surface area contributed by atoms with Crippen LogP contribution in [-0.2, 0) is 11.3 Å². The van der Waals surface area contributed by atoms with E-state index in [1.807, 2.05) is 6.92 Å². The minimum Gasteiger partial charge on any atom is -0.321 e. The number of alkyl halides is 4. The Kier molecular flexibility index (Phi) is 5.29. The second kappa shape index (κ2) is 6.51. The zero-order chi connectivity index (χ0) is 14.5. The summed E-state index contributed by atoms with van der Waals surface area (Å²) in [4.78, 5) is 11.0. The lowest BCUT2D eigenvalue weighted by Gasteiger charge is -2.15. The van der Waals surface area contributed by atoms with Crippen molar-refractivity contribution in [3.63, 3.8) is 0 Å². The van der Waals surface area contributed by atoms with Crippen LogP contribution in [0.2, 0.25) is 0 Å². The highest BCUT2D eigenvalue weighted by Crippen LogP contribution is 2.24. The van der Waals surface area contributed by atoms with E-state index in [2.05, 4.69) is 5.32 Å². The third-order valence-corrected chi connectivity index (χ3v) is 2.34. The number of anilines is 1. The molecule has 0 aliphatic carbocycles. The number of hydrogen-bond donors (Lipinski definition) is 2. The number of amides is 1. The summed E-state index contributed by atoms with van der Waals surface area (Å²) in [6.45, 7) is 3.11. The zero-order valence-corrected chi connectivity index (χ0v) is 10.2. The first-order chi connectivity index (χ1) is 8.87. The normalized spacial score (nSPS) is 11.7. The van der Waals surface area contributed by atoms with E-state index >= 15 is 0 Å². The molecule has 0 saturated carbocycles. The molecular formula is C12H14F4N2O. The van der Waals surface area contributed by atoms with Gasteiger partial charge in [0.2, 0.25) is 0 Å². The molecule has 0 atom stereocenters. The summed E-state index contributed by atoms with van der Waals surface area (Å²) >= 11 is 0. The largest absolute Gasteiger partial charge is 0.383 e. The molecule has 3 nitrogen and oxygen atoms in total. The Balaban J connectivity index is 2.74. The van der Waals surface area contributed by atoms with E-state index < -0.39 is 18.3 Å². The molecule has 1 aromatic carbocycles. The highest BCUT2D eigenvalue weighted by atomic mass is 19.3. The standard InChI is InChI=1S/C12H14F4N2O/c1-2-17-7-8-4-3-5-9(6-8)18-11(19)12(15,16)10(13)14/h3-6,10,17H,2,7H2,1H3,(H,18,19). The molecule has 0 saturated heterocycles. The van der Waals surface area contributed by atoms with Crippen molar-refractivity contribution in [2.24, 2.45) is 0 Å². The molecule has 19 heavy (non-hydrogen) atoms. The van der Waals surface area contributed by atoms with E-state index in [4.69, 9.17) is 0 Å². The van der Waals surface area contributed by atoms with E-state index in [1.165, 1.54) is 12.1 Å². The number of nitrogens with one attached hydrogen (secondary N) is 2. The van der Waals surface area contributed by atoms with Gasteiger partial charge >= 0.3 is 18.3 Å². The third-order valence-electron chi connectivity index (χ3n) is 2.34. The number of carbonyl (C=O) groups is 1. The minimum atomic E-state index is -4.70. The molecule has 0 aliphatic rings. The molecule has 0 spiro atoms. The van der Waals surface area contributed by atoms with E-state index in [0.717, 1.165) is 12.1 Å². The zero-order valence-electron chi connectivity index (χ0n) is 10.2. The van der Waals surface area contributed by atoms with Crippen LogP contribution in [0.4, 0.5) is 23.2 Å². The molecule has 1 amide bonds. The maximum Gasteiger partial charge on any atom is 0.383 e. The molecule has 0 heterocycles. The Morgan fingerprint density at radius 1 is 1.37 bits per heavy atom. The van der Waals surface area contributed by atoms with Crippen molar-refractivity contribution < 1.29 is 22.4 Å². The molecule has 0 bridgehead atoms. The molecule has 106 valence electrons. The third kappa shape index (κ3) is 4.20. The van der Waals surface area contributed by atoms with Crippen LogP contribution in [0.1, 0.15) is 12.5 Å². The van der Waals surface area contributed by atoms with Crippen molar-refractivity contribution in [1.82, 2.24) is 5.32 Å². The lowest BCUT2D eigenvalue weighted by molar-refractivity contribution is -0.163. The van der Waals surface area contributed by atoms with Gasteiger partial charge < -0.3 is 10.6 Å². The number of benzene rings is 1. The molecular weight excluding hydrogens is 264 g/mol. The Morgan fingerprint density at radius 2 is 2.05 bits per heavy atom. The fourth-order valence-corrected chi connectivity index (χ4v) is 1.34. The van der Waals surface area contributed by atoms with Crippen LogP contribution in [0.5, 0.6) is 0 Å². The number of halogens is 4. The van der Waals surface area contributed by atoms with E-state index in [0.29, 0.717) is 6.54 Å². The van der Waals surface area contributed by atoms with Crippen LogP contribution < -0.4 is 10.6 Å². The molecule has 0 aromatic heterocycles. The molecule has 1 aromatic rings. The van der Waals surface area contributed by atoms with Crippen molar-refractivity contribution in [3.05, 3.63) is 29.8 Å². The van der Waals surface area contributed by atoms with Crippen molar-refractivity contribution in [3.8, 4) is 0 Å². The van der Waals surface area contributed by atoms with Crippen molar-refractivity contribution in [2.45, 2.75) is 25.8 Å². The van der Waals surface area contributed by atoms with Crippen molar-refractivity contribution >= 4 is 11.6 Å². The van der Waals surface area contributed by atoms with Crippen LogP contribution in [0.25, 0.3) is 0 Å². The number of rotatable bonds is 6. The first-order valence-corrected chi connectivity index (χ1v) is 5.65. The van der Waals surface area contributed by atoms with Crippen LogP contribution in [0.3, 0.4) is 0 Å². The van der Waals surface area contributed by atoms with Gasteiger partial charge in [-0.15, -0.1) is 0 Å². The number of hydrogen-bond acceptors (Lipinski definition) is 2. The van der Waals surface area contributed by atoms with E-state index in [-0.39, 0.29) is 5.69 Å². The Bertz CT molecular complexity index is 437. The second-order valence-electron chi connectivity index (χ2n) is 3.86. The highest BCUT2D eigenvalue weighted by molar-refractivity contribution is 5.96. The topological polar surface area (TPSA) is 41.1 Å². The quantitative estimate of drug-likeness (QED) is 0.785. The SMILES string of the molecule is CCNCc1cccc(NC(=O)C(F)(F)C(F)F)c1.